The molecular weight excluding hydrogens is 441 g/mol. The summed E-state index contributed by atoms with van der Waals surface area (Å²) in [7, 11) is -2.91. The maximum Gasteiger partial charge on any atom is 0.330 e. The van der Waals surface area contributed by atoms with Crippen LogP contribution in [0.3, 0.4) is 0 Å². The molecule has 0 bridgehead atoms. The molecular formula is C24H34N3O5P. The van der Waals surface area contributed by atoms with E-state index in [1.165, 1.54) is 0 Å². The van der Waals surface area contributed by atoms with Crippen molar-refractivity contribution in [2.24, 2.45) is 0 Å². The molecule has 0 N–H and O–H groups in total. The molecule has 0 fully saturated rings. The molecule has 0 saturated carbocycles. The van der Waals surface area contributed by atoms with Crippen LogP contribution in [-0.2, 0) is 20.2 Å². The first kappa shape index (κ1) is 25.5. The summed E-state index contributed by atoms with van der Waals surface area (Å²) in [4.78, 5) is 25.5. The van der Waals surface area contributed by atoms with Crippen molar-refractivity contribution in [1.29, 1.82) is 0 Å². The van der Waals surface area contributed by atoms with E-state index < -0.39 is 7.60 Å². The average molecular weight is 476 g/mol. The molecule has 0 atom stereocenters. The van der Waals surface area contributed by atoms with Crippen LogP contribution in [0, 0.1) is 0 Å². The summed E-state index contributed by atoms with van der Waals surface area (Å²) >= 11 is 0. The van der Waals surface area contributed by atoms with Crippen molar-refractivity contribution in [2.75, 3.05) is 19.4 Å². The summed E-state index contributed by atoms with van der Waals surface area (Å²) in [5.74, 6) is -0.409. The molecule has 0 aliphatic heterocycles. The van der Waals surface area contributed by atoms with Gasteiger partial charge in [0.15, 0.2) is 5.69 Å². The summed E-state index contributed by atoms with van der Waals surface area (Å²) in [5.41, 5.74) is 1.31. The Morgan fingerprint density at radius 1 is 0.818 bits per heavy atom. The molecule has 0 saturated heterocycles. The number of unbranched alkanes of at least 4 members (excludes halogenated alkanes) is 7. The van der Waals surface area contributed by atoms with Crippen molar-refractivity contribution in [3.05, 3.63) is 46.8 Å². The number of fused-ring (bicyclic) bond motifs is 2. The average Bonchev–Trinajstić information content (AvgIpc) is 3.23. The highest BCUT2D eigenvalue weighted by atomic mass is 31.2. The number of ketones is 2. The predicted molar refractivity (Wildman–Crippen MR) is 126 cm³/mol. The smallest absolute Gasteiger partial charge is 0.309 e. The van der Waals surface area contributed by atoms with Crippen LogP contribution in [0.5, 0.6) is 0 Å². The van der Waals surface area contributed by atoms with Crippen LogP contribution >= 0.6 is 7.60 Å². The van der Waals surface area contributed by atoms with Gasteiger partial charge in [0.1, 0.15) is 5.69 Å². The number of carbonyl (C=O) groups excluding carboxylic acids is 2. The Labute approximate surface area is 195 Å². The lowest BCUT2D eigenvalue weighted by Gasteiger charge is -2.16. The molecule has 1 aliphatic rings. The normalized spacial score (nSPS) is 13.3. The van der Waals surface area contributed by atoms with Crippen molar-refractivity contribution in [3.8, 4) is 0 Å². The van der Waals surface area contributed by atoms with Crippen LogP contribution in [-0.4, -0.2) is 45.9 Å². The maximum atomic E-state index is 12.8. The van der Waals surface area contributed by atoms with E-state index in [4.69, 9.17) is 9.05 Å². The quantitative estimate of drug-likeness (QED) is 0.213. The van der Waals surface area contributed by atoms with Gasteiger partial charge >= 0.3 is 7.60 Å². The van der Waals surface area contributed by atoms with Gasteiger partial charge in [-0.15, -0.1) is 5.10 Å². The molecule has 1 heterocycles. The summed E-state index contributed by atoms with van der Waals surface area (Å²) in [6.45, 7) is 5.06. The molecule has 33 heavy (non-hydrogen) atoms. The molecule has 180 valence electrons. The van der Waals surface area contributed by atoms with E-state index in [0.29, 0.717) is 42.7 Å². The highest BCUT2D eigenvalue weighted by Gasteiger charge is 2.34. The first-order valence-corrected chi connectivity index (χ1v) is 13.7. The van der Waals surface area contributed by atoms with Crippen LogP contribution in [0.4, 0.5) is 0 Å². The fourth-order valence-corrected chi connectivity index (χ4v) is 5.90. The van der Waals surface area contributed by atoms with Gasteiger partial charge in [0.25, 0.3) is 0 Å². The number of aromatic nitrogens is 3. The van der Waals surface area contributed by atoms with Gasteiger partial charge in [-0.1, -0.05) is 68.0 Å². The summed E-state index contributed by atoms with van der Waals surface area (Å²) < 4.78 is 24.6. The number of aryl methyl sites for hydroxylation is 1. The molecule has 1 aliphatic carbocycles. The molecule has 3 rings (SSSR count). The van der Waals surface area contributed by atoms with E-state index in [0.717, 1.165) is 51.4 Å². The lowest BCUT2D eigenvalue weighted by atomic mass is 9.90. The molecule has 9 heteroatoms. The fourth-order valence-electron chi connectivity index (χ4n) is 4.17. The molecule has 0 spiro atoms. The molecule has 2 aromatic rings. The van der Waals surface area contributed by atoms with Crippen LogP contribution in [0.2, 0.25) is 0 Å². The van der Waals surface area contributed by atoms with Crippen molar-refractivity contribution in [3.63, 3.8) is 0 Å². The number of hydrogen-bond donors (Lipinski definition) is 0. The van der Waals surface area contributed by atoms with Crippen molar-refractivity contribution >= 4 is 19.2 Å². The van der Waals surface area contributed by atoms with Gasteiger partial charge in [-0.05, 0) is 26.7 Å². The Kier molecular flexibility index (Phi) is 9.53. The van der Waals surface area contributed by atoms with Crippen LogP contribution in [0.1, 0.15) is 97.3 Å². The Morgan fingerprint density at radius 2 is 1.36 bits per heavy atom. The SMILES string of the molecule is CCOP(=O)(CCCCCCCCCCn1nnc2c1C(=O)c1ccccc1C2=O)OCC. The zero-order valence-corrected chi connectivity index (χ0v) is 20.5. The van der Waals surface area contributed by atoms with Crippen molar-refractivity contribution in [1.82, 2.24) is 15.0 Å². The number of hydrogen-bond acceptors (Lipinski definition) is 7. The second-order valence-electron chi connectivity index (χ2n) is 8.21. The lowest BCUT2D eigenvalue weighted by molar-refractivity contribution is 0.0970. The van der Waals surface area contributed by atoms with Crippen LogP contribution in [0.15, 0.2) is 24.3 Å². The molecule has 0 amide bonds. The van der Waals surface area contributed by atoms with Gasteiger partial charge in [-0.25, -0.2) is 4.68 Å². The number of benzene rings is 1. The van der Waals surface area contributed by atoms with E-state index in [1.54, 1.807) is 28.9 Å². The lowest BCUT2D eigenvalue weighted by Crippen LogP contribution is -2.23. The molecule has 8 nitrogen and oxygen atoms in total. The largest absolute Gasteiger partial charge is 0.330 e. The Morgan fingerprint density at radius 3 is 1.97 bits per heavy atom. The summed E-state index contributed by atoms with van der Waals surface area (Å²) in [5, 5.41) is 8.07. The monoisotopic (exact) mass is 475 g/mol. The first-order valence-electron chi connectivity index (χ1n) is 12.0. The van der Waals surface area contributed by atoms with Crippen molar-refractivity contribution < 1.29 is 23.2 Å². The van der Waals surface area contributed by atoms with Gasteiger partial charge in [-0.3, -0.25) is 14.2 Å². The van der Waals surface area contributed by atoms with E-state index >= 15 is 0 Å². The van der Waals surface area contributed by atoms with E-state index in [1.807, 2.05) is 13.8 Å². The topological polar surface area (TPSA) is 100 Å². The minimum Gasteiger partial charge on any atom is -0.309 e. The summed E-state index contributed by atoms with van der Waals surface area (Å²) in [6, 6.07) is 6.86. The molecule has 1 aromatic heterocycles. The zero-order chi connectivity index (χ0) is 23.7. The van der Waals surface area contributed by atoms with E-state index in [2.05, 4.69) is 10.3 Å². The molecule has 0 unspecified atom stereocenters. The minimum absolute atomic E-state index is 0.164. The minimum atomic E-state index is -2.91. The number of nitrogens with zero attached hydrogens (tertiary/aromatic N) is 3. The fraction of sp³-hybridized carbons (Fsp3) is 0.583. The van der Waals surface area contributed by atoms with Gasteiger partial charge < -0.3 is 9.05 Å². The first-order chi connectivity index (χ1) is 16.0. The van der Waals surface area contributed by atoms with Crippen molar-refractivity contribution in [2.45, 2.75) is 71.8 Å². The number of carbonyl (C=O) groups is 2. The summed E-state index contributed by atoms with van der Waals surface area (Å²) in [6.07, 6.45) is 8.74. The van der Waals surface area contributed by atoms with Gasteiger partial charge in [0.2, 0.25) is 11.6 Å². The Bertz CT molecular complexity index is 994. The Balaban J connectivity index is 1.33. The second-order valence-corrected chi connectivity index (χ2v) is 10.4. The molecule has 1 aromatic carbocycles. The zero-order valence-electron chi connectivity index (χ0n) is 19.6. The van der Waals surface area contributed by atoms with E-state index in [9.17, 15) is 14.2 Å². The van der Waals surface area contributed by atoms with Gasteiger partial charge in [0, 0.05) is 17.7 Å². The van der Waals surface area contributed by atoms with E-state index in [-0.39, 0.29) is 17.3 Å². The molecule has 0 radical (unpaired) electrons. The highest BCUT2D eigenvalue weighted by Crippen LogP contribution is 2.48. The van der Waals surface area contributed by atoms with Gasteiger partial charge in [0.05, 0.1) is 19.4 Å². The third kappa shape index (κ3) is 6.46. The maximum absolute atomic E-state index is 12.8. The highest BCUT2D eigenvalue weighted by molar-refractivity contribution is 7.53. The second kappa shape index (κ2) is 12.4. The van der Waals surface area contributed by atoms with Gasteiger partial charge in [-0.2, -0.15) is 0 Å². The Hall–Kier alpha value is -2.15. The van der Waals surface area contributed by atoms with Crippen LogP contribution in [0.25, 0.3) is 0 Å². The third-order valence-electron chi connectivity index (χ3n) is 5.79. The third-order valence-corrected chi connectivity index (χ3v) is 7.95. The standard InChI is InChI=1S/C24H34N3O5P/c1-3-31-33(30,32-4-2)18-14-10-8-6-5-7-9-13-17-27-22-21(25-26-27)23(28)19-15-11-12-16-20(19)24(22)29/h11-12,15-16H,3-10,13-14,17-18H2,1-2H3. The predicted octanol–water partition coefficient (Wildman–Crippen LogP) is 5.44. The van der Waals surface area contributed by atoms with Crippen LogP contribution < -0.4 is 0 Å². The number of rotatable bonds is 15.